The van der Waals surface area contributed by atoms with Gasteiger partial charge < -0.3 is 10.1 Å². The molecule has 2 aromatic rings. The lowest BCUT2D eigenvalue weighted by Crippen LogP contribution is -2.50. The average Bonchev–Trinajstić information content (AvgIpc) is 3.06. The highest BCUT2D eigenvalue weighted by atomic mass is 32.1. The third-order valence-corrected chi connectivity index (χ3v) is 4.85. The van der Waals surface area contributed by atoms with Gasteiger partial charge in [-0.2, -0.15) is 0 Å². The minimum absolute atomic E-state index is 0.476. The molecule has 1 saturated heterocycles. The van der Waals surface area contributed by atoms with Gasteiger partial charge in [-0.3, -0.25) is 9.30 Å². The van der Waals surface area contributed by atoms with Gasteiger partial charge in [0.05, 0.1) is 18.9 Å². The Labute approximate surface area is 122 Å². The second-order valence-corrected chi connectivity index (χ2v) is 6.58. The van der Waals surface area contributed by atoms with E-state index >= 15 is 0 Å². The molecule has 0 bridgehead atoms. The number of hydrogen-bond donors (Lipinski definition) is 1. The monoisotopic (exact) mass is 292 g/mol. The summed E-state index contributed by atoms with van der Waals surface area (Å²) in [5.41, 5.74) is 1.16. The van der Waals surface area contributed by atoms with Crippen LogP contribution in [0.3, 0.4) is 0 Å². The fourth-order valence-corrected chi connectivity index (χ4v) is 3.45. The van der Waals surface area contributed by atoms with Crippen molar-refractivity contribution in [3.63, 3.8) is 0 Å². The smallest absolute Gasteiger partial charge is 0.193 e. The van der Waals surface area contributed by atoms with Gasteiger partial charge in [0.2, 0.25) is 0 Å². The Bertz CT molecular complexity index is 548. The molecule has 1 saturated carbocycles. The number of aromatic nitrogens is 2. The van der Waals surface area contributed by atoms with Crippen molar-refractivity contribution in [1.82, 2.24) is 19.6 Å². The number of thiazole rings is 1. The van der Waals surface area contributed by atoms with Gasteiger partial charge in [-0.15, -0.1) is 11.3 Å². The van der Waals surface area contributed by atoms with Crippen LogP contribution in [0, 0.1) is 0 Å². The summed E-state index contributed by atoms with van der Waals surface area (Å²) in [5, 5.41) is 5.69. The van der Waals surface area contributed by atoms with Crippen molar-refractivity contribution in [3.8, 4) is 0 Å². The van der Waals surface area contributed by atoms with Crippen LogP contribution in [0.1, 0.15) is 18.5 Å². The van der Waals surface area contributed by atoms with E-state index in [4.69, 9.17) is 4.74 Å². The van der Waals surface area contributed by atoms with Crippen molar-refractivity contribution < 1.29 is 4.74 Å². The maximum Gasteiger partial charge on any atom is 0.193 e. The van der Waals surface area contributed by atoms with Crippen LogP contribution in [0.4, 0.5) is 0 Å². The van der Waals surface area contributed by atoms with Gasteiger partial charge in [-0.25, -0.2) is 4.98 Å². The largest absolute Gasteiger partial charge is 0.378 e. The molecule has 4 rings (SSSR count). The molecule has 1 unspecified atom stereocenters. The van der Waals surface area contributed by atoms with Crippen LogP contribution < -0.4 is 5.32 Å². The minimum atomic E-state index is 0.476. The third kappa shape index (κ3) is 2.74. The van der Waals surface area contributed by atoms with Crippen molar-refractivity contribution in [2.75, 3.05) is 26.3 Å². The number of rotatable bonds is 5. The maximum absolute atomic E-state index is 5.64. The van der Waals surface area contributed by atoms with E-state index in [1.807, 2.05) is 0 Å². The molecule has 3 heterocycles. The molecule has 1 aliphatic heterocycles. The van der Waals surface area contributed by atoms with Gasteiger partial charge in [0.25, 0.3) is 0 Å². The van der Waals surface area contributed by atoms with Crippen LogP contribution in [0.15, 0.2) is 17.8 Å². The first-order valence-corrected chi connectivity index (χ1v) is 8.23. The number of morpholine rings is 1. The maximum atomic E-state index is 5.64. The first-order valence-electron chi connectivity index (χ1n) is 7.35. The van der Waals surface area contributed by atoms with Crippen LogP contribution in [0.5, 0.6) is 0 Å². The second kappa shape index (κ2) is 5.44. The summed E-state index contributed by atoms with van der Waals surface area (Å²) in [5.74, 6) is 0. The van der Waals surface area contributed by atoms with Gasteiger partial charge in [-0.1, -0.05) is 0 Å². The van der Waals surface area contributed by atoms with E-state index in [1.165, 1.54) is 12.8 Å². The zero-order valence-corrected chi connectivity index (χ0v) is 12.3. The zero-order valence-electron chi connectivity index (χ0n) is 11.5. The Hall–Kier alpha value is -0.950. The third-order valence-electron chi connectivity index (χ3n) is 4.08. The highest BCUT2D eigenvalue weighted by molar-refractivity contribution is 7.15. The topological polar surface area (TPSA) is 41.8 Å². The van der Waals surface area contributed by atoms with Crippen molar-refractivity contribution in [1.29, 1.82) is 0 Å². The highest BCUT2D eigenvalue weighted by Gasteiger charge is 2.27. The summed E-state index contributed by atoms with van der Waals surface area (Å²) in [6, 6.07) is 1.24. The molecule has 0 radical (unpaired) electrons. The fraction of sp³-hybridized carbons (Fsp3) is 0.643. The van der Waals surface area contributed by atoms with Crippen molar-refractivity contribution in [3.05, 3.63) is 23.5 Å². The number of imidazole rings is 1. The Morgan fingerprint density at radius 1 is 1.45 bits per heavy atom. The van der Waals surface area contributed by atoms with Gasteiger partial charge in [0, 0.05) is 49.5 Å². The molecule has 6 heteroatoms. The van der Waals surface area contributed by atoms with Crippen LogP contribution >= 0.6 is 11.3 Å². The summed E-state index contributed by atoms with van der Waals surface area (Å²) in [4.78, 5) is 8.28. The Morgan fingerprint density at radius 2 is 2.40 bits per heavy atom. The van der Waals surface area contributed by atoms with Gasteiger partial charge in [0.1, 0.15) is 0 Å². The van der Waals surface area contributed by atoms with Crippen molar-refractivity contribution in [2.24, 2.45) is 0 Å². The van der Waals surface area contributed by atoms with E-state index in [9.17, 15) is 0 Å². The first-order chi connectivity index (χ1) is 9.88. The standard InChI is InChI=1S/C14H20N4OS/c1-2-11(1)15-7-13-10-19-5-3-17(13)8-12-9-18-4-6-20-14(18)16-12/h4,6,9,11,13,15H,1-3,5,7-8,10H2. The SMILES string of the molecule is c1cn2cc(CN3CCOCC3CNC3CC3)nc2s1. The molecule has 1 atom stereocenters. The van der Waals surface area contributed by atoms with E-state index in [2.05, 4.69) is 37.4 Å². The van der Waals surface area contributed by atoms with E-state index in [0.29, 0.717) is 6.04 Å². The van der Waals surface area contributed by atoms with Crippen LogP contribution in [-0.2, 0) is 11.3 Å². The van der Waals surface area contributed by atoms with Crippen LogP contribution in [0.25, 0.3) is 4.96 Å². The van der Waals surface area contributed by atoms with E-state index in [0.717, 1.165) is 49.5 Å². The molecule has 20 heavy (non-hydrogen) atoms. The molecule has 0 amide bonds. The predicted octanol–water partition coefficient (Wildman–Crippen LogP) is 1.35. The molecule has 1 aliphatic carbocycles. The average molecular weight is 292 g/mol. The molecule has 2 aliphatic rings. The molecular weight excluding hydrogens is 272 g/mol. The van der Waals surface area contributed by atoms with Gasteiger partial charge in [0.15, 0.2) is 4.96 Å². The van der Waals surface area contributed by atoms with Crippen molar-refractivity contribution in [2.45, 2.75) is 31.5 Å². The molecule has 108 valence electrons. The summed E-state index contributed by atoms with van der Waals surface area (Å²) < 4.78 is 7.75. The lowest BCUT2D eigenvalue weighted by atomic mass is 10.2. The summed E-state index contributed by atoms with van der Waals surface area (Å²) in [6.07, 6.45) is 6.89. The molecule has 5 nitrogen and oxygen atoms in total. The fourth-order valence-electron chi connectivity index (χ4n) is 2.74. The molecule has 0 aromatic carbocycles. The Kier molecular flexibility index (Phi) is 3.47. The highest BCUT2D eigenvalue weighted by Crippen LogP contribution is 2.20. The predicted molar refractivity (Wildman–Crippen MR) is 79.1 cm³/mol. The molecule has 2 aromatic heterocycles. The number of ether oxygens (including phenoxy) is 1. The minimum Gasteiger partial charge on any atom is -0.378 e. The zero-order chi connectivity index (χ0) is 13.4. The van der Waals surface area contributed by atoms with E-state index in [1.54, 1.807) is 11.3 Å². The molecule has 0 spiro atoms. The number of nitrogens with zero attached hydrogens (tertiary/aromatic N) is 3. The second-order valence-electron chi connectivity index (χ2n) is 5.71. The van der Waals surface area contributed by atoms with Gasteiger partial charge in [-0.05, 0) is 12.8 Å². The Balaban J connectivity index is 1.42. The number of nitrogens with one attached hydrogen (secondary N) is 1. The summed E-state index contributed by atoms with van der Waals surface area (Å²) in [7, 11) is 0. The summed E-state index contributed by atoms with van der Waals surface area (Å²) in [6.45, 7) is 4.63. The quantitative estimate of drug-likeness (QED) is 0.903. The number of hydrogen-bond acceptors (Lipinski definition) is 5. The lowest BCUT2D eigenvalue weighted by Gasteiger charge is -2.35. The van der Waals surface area contributed by atoms with Crippen molar-refractivity contribution >= 4 is 16.3 Å². The molecule has 1 N–H and O–H groups in total. The lowest BCUT2D eigenvalue weighted by molar-refractivity contribution is -0.0115. The van der Waals surface area contributed by atoms with E-state index < -0.39 is 0 Å². The van der Waals surface area contributed by atoms with Crippen LogP contribution in [0.2, 0.25) is 0 Å². The summed E-state index contributed by atoms with van der Waals surface area (Å²) >= 11 is 1.69. The Morgan fingerprint density at radius 3 is 3.25 bits per heavy atom. The van der Waals surface area contributed by atoms with Crippen LogP contribution in [-0.4, -0.2) is 52.7 Å². The first kappa shape index (κ1) is 12.8. The normalized spacial score (nSPS) is 24.5. The molecule has 2 fully saturated rings. The number of fused-ring (bicyclic) bond motifs is 1. The van der Waals surface area contributed by atoms with E-state index in [-0.39, 0.29) is 0 Å². The van der Waals surface area contributed by atoms with Gasteiger partial charge >= 0.3 is 0 Å². The molecular formula is C14H20N4OS.